The number of nitrogens with one attached hydrogen (secondary N) is 2. The molecule has 0 bridgehead atoms. The van der Waals surface area contributed by atoms with Gasteiger partial charge < -0.3 is 16.4 Å². The third kappa shape index (κ3) is 5.84. The van der Waals surface area contributed by atoms with Gasteiger partial charge in [-0.25, -0.2) is 0 Å². The number of benzene rings is 1. The molecule has 2 amide bonds. The first-order valence-corrected chi connectivity index (χ1v) is 7.94. The largest absolute Gasteiger partial charge is 0.356 e. The monoisotopic (exact) mass is 339 g/mol. The summed E-state index contributed by atoms with van der Waals surface area (Å²) in [6.07, 6.45) is 3.91. The van der Waals surface area contributed by atoms with Gasteiger partial charge in [-0.15, -0.1) is 12.4 Å². The Balaban J connectivity index is 0.00000264. The average Bonchev–Trinajstić information content (AvgIpc) is 2.97. The number of halogens is 1. The van der Waals surface area contributed by atoms with Gasteiger partial charge in [-0.2, -0.15) is 0 Å². The molecule has 0 aliphatic heterocycles. The average molecular weight is 340 g/mol. The molecule has 1 aliphatic rings. The summed E-state index contributed by atoms with van der Waals surface area (Å²) in [6, 6.07) is 7.69. The van der Waals surface area contributed by atoms with E-state index in [0.717, 1.165) is 36.9 Å². The van der Waals surface area contributed by atoms with E-state index in [2.05, 4.69) is 10.6 Å². The summed E-state index contributed by atoms with van der Waals surface area (Å²) in [5, 5.41) is 5.75. The summed E-state index contributed by atoms with van der Waals surface area (Å²) in [4.78, 5) is 23.1. The van der Waals surface area contributed by atoms with Gasteiger partial charge in [0.15, 0.2) is 0 Å². The molecule has 4 N–H and O–H groups in total. The summed E-state index contributed by atoms with van der Waals surface area (Å²) in [6.45, 7) is 2.72. The molecule has 1 aromatic carbocycles. The van der Waals surface area contributed by atoms with Gasteiger partial charge in [0, 0.05) is 25.1 Å². The molecular weight excluding hydrogens is 314 g/mol. The lowest BCUT2D eigenvalue weighted by Gasteiger charge is -2.17. The van der Waals surface area contributed by atoms with E-state index in [1.165, 1.54) is 6.92 Å². The summed E-state index contributed by atoms with van der Waals surface area (Å²) in [5.41, 5.74) is 7.64. The highest BCUT2D eigenvalue weighted by atomic mass is 35.5. The normalized spacial score (nSPS) is 19.7. The van der Waals surface area contributed by atoms with E-state index in [4.69, 9.17) is 5.73 Å². The van der Waals surface area contributed by atoms with Crippen LogP contribution in [0.3, 0.4) is 0 Å². The van der Waals surface area contributed by atoms with Crippen LogP contribution in [0.1, 0.15) is 31.7 Å². The molecular formula is C17H26ClN3O2. The second-order valence-electron chi connectivity index (χ2n) is 5.95. The van der Waals surface area contributed by atoms with E-state index in [9.17, 15) is 9.59 Å². The lowest BCUT2D eigenvalue weighted by atomic mass is 9.95. The maximum absolute atomic E-state index is 12.2. The lowest BCUT2D eigenvalue weighted by molar-refractivity contribution is -0.125. The van der Waals surface area contributed by atoms with Crippen LogP contribution < -0.4 is 16.4 Å². The molecule has 6 heteroatoms. The number of rotatable bonds is 6. The predicted octanol–water partition coefficient (Wildman–Crippen LogP) is 2.10. The first-order chi connectivity index (χ1) is 10.6. The Hall–Kier alpha value is -1.59. The molecule has 0 heterocycles. The Morgan fingerprint density at radius 2 is 1.91 bits per heavy atom. The van der Waals surface area contributed by atoms with Gasteiger partial charge in [-0.05, 0) is 49.4 Å². The van der Waals surface area contributed by atoms with E-state index < -0.39 is 0 Å². The predicted molar refractivity (Wildman–Crippen MR) is 94.6 cm³/mol. The van der Waals surface area contributed by atoms with Crippen molar-refractivity contribution in [3.63, 3.8) is 0 Å². The highest BCUT2D eigenvalue weighted by Gasteiger charge is 2.31. The molecule has 0 unspecified atom stereocenters. The Morgan fingerprint density at radius 1 is 1.22 bits per heavy atom. The molecule has 5 nitrogen and oxygen atoms in total. The van der Waals surface area contributed by atoms with Crippen molar-refractivity contribution in [1.29, 1.82) is 0 Å². The van der Waals surface area contributed by atoms with Crippen molar-refractivity contribution in [2.75, 3.05) is 18.4 Å². The third-order valence-electron chi connectivity index (χ3n) is 4.29. The molecule has 0 saturated heterocycles. The van der Waals surface area contributed by atoms with Crippen LogP contribution in [0.4, 0.5) is 5.69 Å². The highest BCUT2D eigenvalue weighted by molar-refractivity contribution is 5.88. The zero-order valence-electron chi connectivity index (χ0n) is 13.5. The first kappa shape index (κ1) is 19.5. The molecule has 1 saturated carbocycles. The Bertz CT molecular complexity index is 519. The van der Waals surface area contributed by atoms with Gasteiger partial charge in [0.1, 0.15) is 0 Å². The molecule has 128 valence electrons. The topological polar surface area (TPSA) is 84.2 Å². The fourth-order valence-electron chi connectivity index (χ4n) is 3.08. The second-order valence-corrected chi connectivity index (χ2v) is 5.95. The van der Waals surface area contributed by atoms with E-state index in [1.54, 1.807) is 0 Å². The van der Waals surface area contributed by atoms with Crippen molar-refractivity contribution >= 4 is 29.9 Å². The van der Waals surface area contributed by atoms with E-state index in [0.29, 0.717) is 19.0 Å². The second kappa shape index (κ2) is 9.53. The van der Waals surface area contributed by atoms with E-state index >= 15 is 0 Å². The van der Waals surface area contributed by atoms with Gasteiger partial charge in [-0.1, -0.05) is 18.6 Å². The molecule has 23 heavy (non-hydrogen) atoms. The van der Waals surface area contributed by atoms with Crippen LogP contribution >= 0.6 is 12.4 Å². The van der Waals surface area contributed by atoms with Crippen molar-refractivity contribution in [2.24, 2.45) is 17.6 Å². The number of amides is 2. The SMILES string of the molecule is CC(=O)Nc1ccc(CCNC(=O)[C@@H]2CCC[C@@H]2CN)cc1.Cl. The first-order valence-electron chi connectivity index (χ1n) is 7.94. The summed E-state index contributed by atoms with van der Waals surface area (Å²) < 4.78 is 0. The maximum atomic E-state index is 12.2. The van der Waals surface area contributed by atoms with Gasteiger partial charge >= 0.3 is 0 Å². The zero-order chi connectivity index (χ0) is 15.9. The van der Waals surface area contributed by atoms with Crippen molar-refractivity contribution in [1.82, 2.24) is 5.32 Å². The minimum atomic E-state index is -0.0777. The Kier molecular flexibility index (Phi) is 8.06. The smallest absolute Gasteiger partial charge is 0.223 e. The van der Waals surface area contributed by atoms with Crippen LogP contribution in [0, 0.1) is 11.8 Å². The number of anilines is 1. The quantitative estimate of drug-likeness (QED) is 0.742. The van der Waals surface area contributed by atoms with Gasteiger partial charge in [0.25, 0.3) is 0 Å². The summed E-state index contributed by atoms with van der Waals surface area (Å²) >= 11 is 0. The maximum Gasteiger partial charge on any atom is 0.223 e. The summed E-state index contributed by atoms with van der Waals surface area (Å²) in [5.74, 6) is 0.498. The minimum absolute atomic E-state index is 0. The van der Waals surface area contributed by atoms with Crippen molar-refractivity contribution in [3.8, 4) is 0 Å². The van der Waals surface area contributed by atoms with Crippen LogP contribution in [0.15, 0.2) is 24.3 Å². The zero-order valence-corrected chi connectivity index (χ0v) is 14.3. The van der Waals surface area contributed by atoms with Crippen LogP contribution in [-0.4, -0.2) is 24.9 Å². The lowest BCUT2D eigenvalue weighted by Crippen LogP contribution is -2.36. The number of hydrogen-bond acceptors (Lipinski definition) is 3. The van der Waals surface area contributed by atoms with Crippen molar-refractivity contribution in [2.45, 2.75) is 32.6 Å². The van der Waals surface area contributed by atoms with Crippen LogP contribution in [-0.2, 0) is 16.0 Å². The van der Waals surface area contributed by atoms with Crippen LogP contribution in [0.2, 0.25) is 0 Å². The number of carbonyl (C=O) groups is 2. The molecule has 0 aromatic heterocycles. The number of hydrogen-bond donors (Lipinski definition) is 3. The van der Waals surface area contributed by atoms with Crippen molar-refractivity contribution < 1.29 is 9.59 Å². The highest BCUT2D eigenvalue weighted by Crippen LogP contribution is 2.30. The standard InChI is InChI=1S/C17H25N3O2.ClH/c1-12(21)20-15-7-5-13(6-8-15)9-10-19-17(22)16-4-2-3-14(16)11-18;/h5-8,14,16H,2-4,9-11,18H2,1H3,(H,19,22)(H,20,21);1H/t14-,16-;/m1./s1. The Morgan fingerprint density at radius 3 is 2.52 bits per heavy atom. The van der Waals surface area contributed by atoms with Crippen LogP contribution in [0.5, 0.6) is 0 Å². The summed E-state index contributed by atoms with van der Waals surface area (Å²) in [7, 11) is 0. The molecule has 1 fully saturated rings. The molecule has 1 aromatic rings. The van der Waals surface area contributed by atoms with Gasteiger partial charge in [0.2, 0.25) is 11.8 Å². The van der Waals surface area contributed by atoms with E-state index in [-0.39, 0.29) is 30.1 Å². The number of nitrogens with two attached hydrogens (primary N) is 1. The van der Waals surface area contributed by atoms with Gasteiger partial charge in [-0.3, -0.25) is 9.59 Å². The molecule has 2 rings (SSSR count). The van der Waals surface area contributed by atoms with Crippen LogP contribution in [0.25, 0.3) is 0 Å². The Labute approximate surface area is 143 Å². The molecule has 0 radical (unpaired) electrons. The number of carbonyl (C=O) groups excluding carboxylic acids is 2. The van der Waals surface area contributed by atoms with Gasteiger partial charge in [0.05, 0.1) is 0 Å². The molecule has 1 aliphatic carbocycles. The molecule has 0 spiro atoms. The fraction of sp³-hybridized carbons (Fsp3) is 0.529. The molecule has 2 atom stereocenters. The third-order valence-corrected chi connectivity index (χ3v) is 4.29. The fourth-order valence-corrected chi connectivity index (χ4v) is 3.08. The van der Waals surface area contributed by atoms with Crippen molar-refractivity contribution in [3.05, 3.63) is 29.8 Å². The minimum Gasteiger partial charge on any atom is -0.356 e. The van der Waals surface area contributed by atoms with E-state index in [1.807, 2.05) is 24.3 Å².